The molecule has 3 aromatic rings. The van der Waals surface area contributed by atoms with Crippen LogP contribution in [0, 0.1) is 10.1 Å². The number of carbonyl (C=O) groups is 1. The first kappa shape index (κ1) is 20.0. The van der Waals surface area contributed by atoms with Crippen molar-refractivity contribution in [3.8, 4) is 11.5 Å². The molecule has 8 heteroatoms. The molecule has 0 saturated carbocycles. The van der Waals surface area contributed by atoms with Gasteiger partial charge in [-0.1, -0.05) is 30.3 Å². The monoisotopic (exact) mass is 417 g/mol. The van der Waals surface area contributed by atoms with Crippen LogP contribution in [0.3, 0.4) is 0 Å². The third-order valence-electron chi connectivity index (χ3n) is 4.93. The number of nitro benzene ring substituents is 1. The zero-order valence-corrected chi connectivity index (χ0v) is 16.8. The van der Waals surface area contributed by atoms with Gasteiger partial charge in [-0.3, -0.25) is 14.9 Å². The maximum absolute atomic E-state index is 13.0. The Labute approximate surface area is 178 Å². The predicted molar refractivity (Wildman–Crippen MR) is 118 cm³/mol. The van der Waals surface area contributed by atoms with E-state index in [0.29, 0.717) is 39.7 Å². The zero-order chi connectivity index (χ0) is 22.0. The highest BCUT2D eigenvalue weighted by Crippen LogP contribution is 2.43. The van der Waals surface area contributed by atoms with E-state index in [9.17, 15) is 14.9 Å². The first-order valence-corrected chi connectivity index (χ1v) is 9.40. The van der Waals surface area contributed by atoms with Crippen molar-refractivity contribution < 1.29 is 19.2 Å². The van der Waals surface area contributed by atoms with Crippen molar-refractivity contribution in [2.45, 2.75) is 0 Å². The summed E-state index contributed by atoms with van der Waals surface area (Å²) in [5.74, 6) is 0.726. The number of ether oxygens (including phenoxy) is 2. The molecule has 3 aromatic carbocycles. The first-order chi connectivity index (χ1) is 15.0. The largest absolute Gasteiger partial charge is 0.493 e. The number of anilines is 2. The van der Waals surface area contributed by atoms with Crippen LogP contribution >= 0.6 is 0 Å². The molecular weight excluding hydrogens is 398 g/mol. The number of methoxy groups -OCH3 is 2. The number of hydrogen-bond donors (Lipinski definition) is 2. The summed E-state index contributed by atoms with van der Waals surface area (Å²) < 4.78 is 10.8. The second-order valence-corrected chi connectivity index (χ2v) is 6.75. The van der Waals surface area contributed by atoms with Gasteiger partial charge >= 0.3 is 0 Å². The molecule has 0 bridgehead atoms. The molecule has 1 amide bonds. The fourth-order valence-corrected chi connectivity index (χ4v) is 3.44. The van der Waals surface area contributed by atoms with Crippen LogP contribution in [0.25, 0.3) is 11.3 Å². The lowest BCUT2D eigenvalue weighted by atomic mass is 9.99. The zero-order valence-electron chi connectivity index (χ0n) is 16.8. The van der Waals surface area contributed by atoms with Gasteiger partial charge in [0.2, 0.25) is 0 Å². The number of nitrogens with one attached hydrogen (secondary N) is 2. The Morgan fingerprint density at radius 3 is 2.23 bits per heavy atom. The van der Waals surface area contributed by atoms with Gasteiger partial charge in [0.25, 0.3) is 11.6 Å². The molecule has 0 fully saturated rings. The number of hydrogen-bond acceptors (Lipinski definition) is 6. The van der Waals surface area contributed by atoms with Crippen LogP contribution in [-0.4, -0.2) is 25.1 Å². The molecule has 0 saturated heterocycles. The topological polar surface area (TPSA) is 103 Å². The summed E-state index contributed by atoms with van der Waals surface area (Å²) in [6, 6.07) is 18.9. The normalized spacial score (nSPS) is 13.8. The first-order valence-electron chi connectivity index (χ1n) is 9.40. The fraction of sp³-hybridized carbons (Fsp3) is 0.0870. The molecule has 0 unspecified atom stereocenters. The lowest BCUT2D eigenvalue weighted by molar-refractivity contribution is -0.384. The fourth-order valence-electron chi connectivity index (χ4n) is 3.44. The molecule has 1 aliphatic rings. The highest BCUT2D eigenvalue weighted by Gasteiger charge is 2.30. The minimum absolute atomic E-state index is 0.0137. The Morgan fingerprint density at radius 1 is 0.968 bits per heavy atom. The van der Waals surface area contributed by atoms with E-state index >= 15 is 0 Å². The number of nitro groups is 1. The summed E-state index contributed by atoms with van der Waals surface area (Å²) in [7, 11) is 3.06. The van der Waals surface area contributed by atoms with E-state index in [2.05, 4.69) is 10.6 Å². The van der Waals surface area contributed by atoms with Gasteiger partial charge in [0.1, 0.15) is 0 Å². The molecule has 0 aliphatic carbocycles. The third kappa shape index (κ3) is 3.78. The standard InChI is InChI=1S/C23H19N3O5/c1-30-19-12-17-18(13-20(19)31-2)25-23(27)21(17)22(14-6-4-3-5-7-14)24-15-8-10-16(11-9-15)26(28)29/h3-13,24H,1-2H3,(H,25,27). The number of benzene rings is 3. The Bertz CT molecular complexity index is 1190. The molecular formula is C23H19N3O5. The van der Waals surface area contributed by atoms with Gasteiger partial charge in [0.05, 0.1) is 36.1 Å². The Hall–Kier alpha value is -4.33. The number of amides is 1. The molecule has 31 heavy (non-hydrogen) atoms. The van der Waals surface area contributed by atoms with E-state index in [1.807, 2.05) is 30.3 Å². The number of nitrogens with zero attached hydrogens (tertiary/aromatic N) is 1. The molecule has 8 nitrogen and oxygen atoms in total. The number of rotatable bonds is 6. The van der Waals surface area contributed by atoms with Gasteiger partial charge in [-0.2, -0.15) is 0 Å². The van der Waals surface area contributed by atoms with E-state index in [-0.39, 0.29) is 11.6 Å². The summed E-state index contributed by atoms with van der Waals surface area (Å²) in [5.41, 5.74) is 3.65. The van der Waals surface area contributed by atoms with E-state index in [1.54, 1.807) is 24.3 Å². The van der Waals surface area contributed by atoms with E-state index < -0.39 is 4.92 Å². The molecule has 4 rings (SSSR count). The van der Waals surface area contributed by atoms with Crippen molar-refractivity contribution in [2.75, 3.05) is 24.9 Å². The minimum Gasteiger partial charge on any atom is -0.493 e. The van der Waals surface area contributed by atoms with E-state index in [0.717, 1.165) is 5.56 Å². The summed E-state index contributed by atoms with van der Waals surface area (Å²) in [5, 5.41) is 17.1. The summed E-state index contributed by atoms with van der Waals surface area (Å²) in [4.78, 5) is 23.5. The van der Waals surface area contributed by atoms with Crippen molar-refractivity contribution in [2.24, 2.45) is 0 Å². The predicted octanol–water partition coefficient (Wildman–Crippen LogP) is 4.54. The summed E-state index contributed by atoms with van der Waals surface area (Å²) in [6.07, 6.45) is 0. The molecule has 0 aromatic heterocycles. The number of non-ortho nitro benzene ring substituents is 1. The van der Waals surface area contributed by atoms with E-state index in [4.69, 9.17) is 9.47 Å². The molecule has 2 N–H and O–H groups in total. The highest BCUT2D eigenvalue weighted by molar-refractivity contribution is 6.37. The summed E-state index contributed by atoms with van der Waals surface area (Å²) >= 11 is 0. The number of fused-ring (bicyclic) bond motifs is 1. The van der Waals surface area contributed by atoms with Crippen LogP contribution in [0.2, 0.25) is 0 Å². The minimum atomic E-state index is -0.458. The second kappa shape index (κ2) is 8.19. The van der Waals surface area contributed by atoms with Crippen LogP contribution in [0.4, 0.5) is 17.1 Å². The molecule has 0 radical (unpaired) electrons. The highest BCUT2D eigenvalue weighted by atomic mass is 16.6. The van der Waals surface area contributed by atoms with Gasteiger partial charge in [-0.05, 0) is 23.8 Å². The van der Waals surface area contributed by atoms with Gasteiger partial charge in [0, 0.05) is 29.4 Å². The van der Waals surface area contributed by atoms with Crippen molar-refractivity contribution in [3.05, 3.63) is 88.0 Å². The van der Waals surface area contributed by atoms with Crippen molar-refractivity contribution >= 4 is 34.2 Å². The molecule has 0 spiro atoms. The van der Waals surface area contributed by atoms with Crippen LogP contribution in [0.1, 0.15) is 11.1 Å². The van der Waals surface area contributed by atoms with Crippen molar-refractivity contribution in [1.82, 2.24) is 0 Å². The lowest BCUT2D eigenvalue weighted by Gasteiger charge is -2.15. The summed E-state index contributed by atoms with van der Waals surface area (Å²) in [6.45, 7) is 0. The maximum Gasteiger partial charge on any atom is 0.269 e. The molecule has 1 heterocycles. The Balaban J connectivity index is 1.88. The van der Waals surface area contributed by atoms with Gasteiger partial charge in [-0.25, -0.2) is 0 Å². The van der Waals surface area contributed by atoms with Crippen LogP contribution in [0.15, 0.2) is 66.7 Å². The molecule has 1 aliphatic heterocycles. The van der Waals surface area contributed by atoms with Crippen molar-refractivity contribution in [3.63, 3.8) is 0 Å². The average Bonchev–Trinajstić information content (AvgIpc) is 3.11. The van der Waals surface area contributed by atoms with Crippen LogP contribution < -0.4 is 20.1 Å². The second-order valence-electron chi connectivity index (χ2n) is 6.75. The quantitative estimate of drug-likeness (QED) is 0.347. The van der Waals surface area contributed by atoms with Crippen molar-refractivity contribution in [1.29, 1.82) is 0 Å². The molecule has 156 valence electrons. The SMILES string of the molecule is COc1cc2c(cc1OC)C(=C(Nc1ccc([N+](=O)[O-])cc1)c1ccccc1)C(=O)N2. The molecule has 0 atom stereocenters. The van der Waals surface area contributed by atoms with E-state index in [1.165, 1.54) is 26.4 Å². The lowest BCUT2D eigenvalue weighted by Crippen LogP contribution is -2.10. The van der Waals surface area contributed by atoms with Crippen LogP contribution in [0.5, 0.6) is 11.5 Å². The van der Waals surface area contributed by atoms with Crippen LogP contribution in [-0.2, 0) is 4.79 Å². The smallest absolute Gasteiger partial charge is 0.269 e. The maximum atomic E-state index is 13.0. The average molecular weight is 417 g/mol. The third-order valence-corrected chi connectivity index (χ3v) is 4.93. The Morgan fingerprint density at radius 2 is 1.61 bits per heavy atom. The Kier molecular flexibility index (Phi) is 5.28. The van der Waals surface area contributed by atoms with Gasteiger partial charge in [-0.15, -0.1) is 0 Å². The van der Waals surface area contributed by atoms with Gasteiger partial charge in [0.15, 0.2) is 11.5 Å². The number of carbonyl (C=O) groups excluding carboxylic acids is 1. The van der Waals surface area contributed by atoms with Gasteiger partial charge < -0.3 is 20.1 Å².